The van der Waals surface area contributed by atoms with Crippen LogP contribution < -0.4 is 10.6 Å². The molecule has 41 heavy (non-hydrogen) atoms. The molecule has 10 N–H and O–H groups in total. The van der Waals surface area contributed by atoms with Gasteiger partial charge in [-0.3, -0.25) is 9.59 Å². The number of carbonyl (C=O) groups is 2. The Kier molecular flexibility index (Phi) is 12.2. The SMILES string of the molecule is CO[C@@H]1O[C@H](CO)[C@@H](O[C@@H]2O[C@H](CO)[C@@H](O[C@@H]3O[C@H](CO)[C@H](O)[C@H](O)[C@H]3O)[C@H](O)[C@H]2NC(C)=O)[C@H](O)[C@H]1NC(C)=O. The highest BCUT2D eigenvalue weighted by atomic mass is 16.7. The van der Waals surface area contributed by atoms with Crippen LogP contribution in [-0.4, -0.2) is 172 Å². The minimum Gasteiger partial charge on any atom is -0.394 e. The minimum atomic E-state index is -1.84. The second-order valence-corrected chi connectivity index (χ2v) is 10.0. The summed E-state index contributed by atoms with van der Waals surface area (Å²) in [7, 11) is 1.26. The maximum atomic E-state index is 12.0. The highest BCUT2D eigenvalue weighted by molar-refractivity contribution is 5.73. The lowest BCUT2D eigenvalue weighted by Gasteiger charge is -2.49. The first-order valence-corrected chi connectivity index (χ1v) is 13.0. The van der Waals surface area contributed by atoms with Crippen LogP contribution in [0.25, 0.3) is 0 Å². The van der Waals surface area contributed by atoms with E-state index >= 15 is 0 Å². The van der Waals surface area contributed by atoms with Crippen molar-refractivity contribution < 1.29 is 78.9 Å². The molecule has 0 spiro atoms. The fourth-order valence-electron chi connectivity index (χ4n) is 5.05. The van der Waals surface area contributed by atoms with Crippen LogP contribution in [0.1, 0.15) is 13.8 Å². The Morgan fingerprint density at radius 2 is 1.02 bits per heavy atom. The number of methoxy groups -OCH3 is 1. The third-order valence-electron chi connectivity index (χ3n) is 7.11. The average molecular weight is 601 g/mol. The van der Waals surface area contributed by atoms with Crippen molar-refractivity contribution in [1.29, 1.82) is 0 Å². The first-order chi connectivity index (χ1) is 19.4. The number of rotatable bonds is 10. The number of carbonyl (C=O) groups excluding carboxylic acids is 2. The summed E-state index contributed by atoms with van der Waals surface area (Å²) in [5.41, 5.74) is 0. The molecule has 3 rings (SSSR count). The zero-order valence-corrected chi connectivity index (χ0v) is 22.6. The van der Waals surface area contributed by atoms with E-state index in [0.717, 1.165) is 6.92 Å². The molecule has 2 amide bonds. The van der Waals surface area contributed by atoms with Gasteiger partial charge in [0.1, 0.15) is 73.1 Å². The van der Waals surface area contributed by atoms with Crippen LogP contribution in [0.15, 0.2) is 0 Å². The molecule has 3 aliphatic heterocycles. The van der Waals surface area contributed by atoms with E-state index in [0.29, 0.717) is 0 Å². The maximum Gasteiger partial charge on any atom is 0.217 e. The lowest BCUT2D eigenvalue weighted by Crippen LogP contribution is -2.70. The number of aliphatic hydroxyl groups is 8. The van der Waals surface area contributed by atoms with Gasteiger partial charge in [-0.2, -0.15) is 0 Å². The standard InChI is InChI=1S/C23H40N2O16/c1-7(29)24-12-15(32)19(10(5-27)38-21(12)36-3)40-22-13(25-8(2)30)16(33)20(11(6-28)39-22)41-23-18(35)17(34)14(31)9(4-26)37-23/h9-23,26-28,31-35H,4-6H2,1-3H3,(H,24,29)(H,25,30)/t9-,10-,11-,12-,13-,14+,15-,16-,17+,18-,19-,20-,21-,22+,23+/m1/s1. The predicted octanol–water partition coefficient (Wildman–Crippen LogP) is -6.63. The molecule has 0 aromatic carbocycles. The van der Waals surface area contributed by atoms with Crippen molar-refractivity contribution in [3.8, 4) is 0 Å². The monoisotopic (exact) mass is 600 g/mol. The van der Waals surface area contributed by atoms with Crippen molar-refractivity contribution in [3.05, 3.63) is 0 Å². The Morgan fingerprint density at radius 1 is 0.610 bits per heavy atom. The topological polar surface area (TPSA) is 275 Å². The molecule has 0 aromatic heterocycles. The highest BCUT2D eigenvalue weighted by Gasteiger charge is 2.54. The summed E-state index contributed by atoms with van der Waals surface area (Å²) in [6.07, 6.45) is -20.0. The van der Waals surface area contributed by atoms with Crippen LogP contribution in [-0.2, 0) is 38.0 Å². The van der Waals surface area contributed by atoms with Gasteiger partial charge in [0.05, 0.1) is 19.8 Å². The third kappa shape index (κ3) is 7.48. The number of hydrogen-bond acceptors (Lipinski definition) is 16. The average Bonchev–Trinajstić information content (AvgIpc) is 2.93. The molecule has 3 saturated heterocycles. The zero-order chi connectivity index (χ0) is 30.6. The Bertz CT molecular complexity index is 868. The van der Waals surface area contributed by atoms with E-state index in [1.807, 2.05) is 0 Å². The minimum absolute atomic E-state index is 0.533. The first-order valence-electron chi connectivity index (χ1n) is 13.0. The highest BCUT2D eigenvalue weighted by Crippen LogP contribution is 2.32. The quantitative estimate of drug-likeness (QED) is 0.112. The van der Waals surface area contributed by atoms with Crippen LogP contribution in [0.2, 0.25) is 0 Å². The molecule has 3 heterocycles. The largest absolute Gasteiger partial charge is 0.394 e. The van der Waals surface area contributed by atoms with Gasteiger partial charge in [-0.15, -0.1) is 0 Å². The van der Waals surface area contributed by atoms with Gasteiger partial charge in [0, 0.05) is 21.0 Å². The molecule has 3 aliphatic rings. The van der Waals surface area contributed by atoms with Crippen molar-refractivity contribution in [2.45, 2.75) is 106 Å². The number of aliphatic hydroxyl groups excluding tert-OH is 8. The zero-order valence-electron chi connectivity index (χ0n) is 22.6. The molecule has 18 heteroatoms. The normalized spacial score (nSPS) is 45.2. The molecule has 0 unspecified atom stereocenters. The van der Waals surface area contributed by atoms with Crippen molar-refractivity contribution >= 4 is 11.8 Å². The summed E-state index contributed by atoms with van der Waals surface area (Å²) >= 11 is 0. The van der Waals surface area contributed by atoms with Gasteiger partial charge in [-0.25, -0.2) is 0 Å². The van der Waals surface area contributed by atoms with Crippen molar-refractivity contribution in [3.63, 3.8) is 0 Å². The summed E-state index contributed by atoms with van der Waals surface area (Å²) < 4.78 is 33.5. The summed E-state index contributed by atoms with van der Waals surface area (Å²) in [6.45, 7) is 0.0896. The van der Waals surface area contributed by atoms with Gasteiger partial charge in [-0.1, -0.05) is 0 Å². The van der Waals surface area contributed by atoms with E-state index < -0.39 is 124 Å². The lowest BCUT2D eigenvalue weighted by atomic mass is 9.94. The lowest BCUT2D eigenvalue weighted by molar-refractivity contribution is -0.361. The predicted molar refractivity (Wildman–Crippen MR) is 129 cm³/mol. The van der Waals surface area contributed by atoms with E-state index in [2.05, 4.69) is 10.6 Å². The summed E-state index contributed by atoms with van der Waals surface area (Å²) in [4.78, 5) is 23.8. The second kappa shape index (κ2) is 14.7. The molecule has 0 bridgehead atoms. The van der Waals surface area contributed by atoms with Gasteiger partial charge in [-0.05, 0) is 0 Å². The molecule has 0 aromatic rings. The van der Waals surface area contributed by atoms with E-state index in [-0.39, 0.29) is 0 Å². The van der Waals surface area contributed by atoms with Crippen LogP contribution in [0.3, 0.4) is 0 Å². The number of ether oxygens (including phenoxy) is 6. The van der Waals surface area contributed by atoms with E-state index in [1.165, 1.54) is 14.0 Å². The van der Waals surface area contributed by atoms with Crippen molar-refractivity contribution in [2.24, 2.45) is 0 Å². The van der Waals surface area contributed by atoms with Crippen LogP contribution >= 0.6 is 0 Å². The summed E-state index contributed by atoms with van der Waals surface area (Å²) in [5.74, 6) is -1.19. The van der Waals surface area contributed by atoms with Crippen LogP contribution in [0.5, 0.6) is 0 Å². The number of amides is 2. The Morgan fingerprint density at radius 3 is 1.46 bits per heavy atom. The van der Waals surface area contributed by atoms with Crippen LogP contribution in [0, 0.1) is 0 Å². The molecule has 3 fully saturated rings. The molecule has 238 valence electrons. The molecule has 18 nitrogen and oxygen atoms in total. The van der Waals surface area contributed by atoms with Crippen molar-refractivity contribution in [2.75, 3.05) is 26.9 Å². The Balaban J connectivity index is 1.86. The first kappa shape index (κ1) is 33.9. The van der Waals surface area contributed by atoms with Gasteiger partial charge in [0.15, 0.2) is 18.9 Å². The smallest absolute Gasteiger partial charge is 0.217 e. The fourth-order valence-corrected chi connectivity index (χ4v) is 5.05. The van der Waals surface area contributed by atoms with Gasteiger partial charge < -0.3 is 79.9 Å². The summed E-state index contributed by atoms with van der Waals surface area (Å²) in [5, 5.41) is 87.1. The van der Waals surface area contributed by atoms with Crippen molar-refractivity contribution in [1.82, 2.24) is 10.6 Å². The Hall–Kier alpha value is -1.62. The van der Waals surface area contributed by atoms with E-state index in [4.69, 9.17) is 28.4 Å². The van der Waals surface area contributed by atoms with E-state index in [1.54, 1.807) is 0 Å². The van der Waals surface area contributed by atoms with Crippen LogP contribution in [0.4, 0.5) is 0 Å². The number of hydrogen-bond donors (Lipinski definition) is 10. The fraction of sp³-hybridized carbons (Fsp3) is 0.913. The van der Waals surface area contributed by atoms with Gasteiger partial charge in [0.2, 0.25) is 11.8 Å². The second-order valence-electron chi connectivity index (χ2n) is 10.0. The van der Waals surface area contributed by atoms with E-state index in [9.17, 15) is 50.4 Å². The molecular weight excluding hydrogens is 560 g/mol. The summed E-state index contributed by atoms with van der Waals surface area (Å²) in [6, 6.07) is -2.61. The van der Waals surface area contributed by atoms with Gasteiger partial charge >= 0.3 is 0 Å². The molecule has 0 saturated carbocycles. The number of nitrogens with one attached hydrogen (secondary N) is 2. The van der Waals surface area contributed by atoms with Gasteiger partial charge in [0.25, 0.3) is 0 Å². The Labute approximate surface area is 234 Å². The molecule has 0 radical (unpaired) electrons. The molecule has 15 atom stereocenters. The molecule has 0 aliphatic carbocycles. The third-order valence-corrected chi connectivity index (χ3v) is 7.11. The maximum absolute atomic E-state index is 12.0. The molecular formula is C23H40N2O16.